The summed E-state index contributed by atoms with van der Waals surface area (Å²) in [6.07, 6.45) is 3.55. The molecular formula is C20H17N5O2. The standard InChI is InChI=1S/C20H17N5O2/c1-27-17-8-6-14(7-9-17)18-13-19(24-23-18)20(26)22-15-4-2-5-16(12-15)25-11-3-10-21-25/h2-13H,1H3,(H,22,26)(H,23,24). The number of methoxy groups -OCH3 is 1. The molecule has 4 rings (SSSR count). The van der Waals surface area contributed by atoms with E-state index in [4.69, 9.17) is 4.74 Å². The molecule has 1 amide bonds. The van der Waals surface area contributed by atoms with Crippen molar-refractivity contribution in [3.63, 3.8) is 0 Å². The molecule has 0 saturated heterocycles. The van der Waals surface area contributed by atoms with Gasteiger partial charge in [0.15, 0.2) is 0 Å². The fourth-order valence-electron chi connectivity index (χ4n) is 2.69. The van der Waals surface area contributed by atoms with Crippen LogP contribution in [0.15, 0.2) is 73.1 Å². The molecule has 0 aliphatic carbocycles. The number of hydrogen-bond donors (Lipinski definition) is 2. The van der Waals surface area contributed by atoms with Crippen LogP contribution in [0.2, 0.25) is 0 Å². The number of amides is 1. The second-order valence-corrected chi connectivity index (χ2v) is 5.85. The Morgan fingerprint density at radius 3 is 2.70 bits per heavy atom. The molecule has 4 aromatic rings. The van der Waals surface area contributed by atoms with E-state index < -0.39 is 0 Å². The highest BCUT2D eigenvalue weighted by molar-refractivity contribution is 6.03. The number of H-pyrrole nitrogens is 1. The minimum absolute atomic E-state index is 0.264. The lowest BCUT2D eigenvalue weighted by atomic mass is 10.1. The summed E-state index contributed by atoms with van der Waals surface area (Å²) >= 11 is 0. The molecule has 0 unspecified atom stereocenters. The van der Waals surface area contributed by atoms with Gasteiger partial charge >= 0.3 is 0 Å². The number of carbonyl (C=O) groups is 1. The lowest BCUT2D eigenvalue weighted by molar-refractivity contribution is 0.102. The second-order valence-electron chi connectivity index (χ2n) is 5.85. The first-order valence-electron chi connectivity index (χ1n) is 8.34. The van der Waals surface area contributed by atoms with E-state index in [0.29, 0.717) is 17.1 Å². The molecule has 2 N–H and O–H groups in total. The van der Waals surface area contributed by atoms with Crippen molar-refractivity contribution in [1.29, 1.82) is 0 Å². The van der Waals surface area contributed by atoms with Crippen LogP contribution in [0.1, 0.15) is 10.5 Å². The average Bonchev–Trinajstić information content (AvgIpc) is 3.40. The van der Waals surface area contributed by atoms with Gasteiger partial charge in [-0.25, -0.2) is 4.68 Å². The van der Waals surface area contributed by atoms with E-state index in [1.54, 1.807) is 24.1 Å². The van der Waals surface area contributed by atoms with Gasteiger partial charge in [0.1, 0.15) is 11.4 Å². The van der Waals surface area contributed by atoms with E-state index >= 15 is 0 Å². The molecule has 7 heteroatoms. The van der Waals surface area contributed by atoms with Gasteiger partial charge in [0.05, 0.1) is 18.5 Å². The SMILES string of the molecule is COc1ccc(-c2cc(C(=O)Nc3cccc(-n4cccn4)c3)[nH]n2)cc1. The van der Waals surface area contributed by atoms with Crippen molar-refractivity contribution < 1.29 is 9.53 Å². The minimum atomic E-state index is -0.264. The van der Waals surface area contributed by atoms with E-state index in [1.165, 1.54) is 0 Å². The molecule has 0 radical (unpaired) electrons. The molecule has 134 valence electrons. The second kappa shape index (κ2) is 7.17. The number of carbonyl (C=O) groups excluding carboxylic acids is 1. The van der Waals surface area contributed by atoms with Gasteiger partial charge in [0.2, 0.25) is 0 Å². The molecule has 0 saturated carbocycles. The Morgan fingerprint density at radius 2 is 1.96 bits per heavy atom. The van der Waals surface area contributed by atoms with Crippen molar-refractivity contribution in [2.45, 2.75) is 0 Å². The maximum Gasteiger partial charge on any atom is 0.273 e. The van der Waals surface area contributed by atoms with Gasteiger partial charge in [-0.15, -0.1) is 0 Å². The monoisotopic (exact) mass is 359 g/mol. The van der Waals surface area contributed by atoms with Crippen LogP contribution in [0, 0.1) is 0 Å². The van der Waals surface area contributed by atoms with Gasteiger partial charge in [0, 0.05) is 23.6 Å². The number of nitrogens with zero attached hydrogens (tertiary/aromatic N) is 3. The van der Waals surface area contributed by atoms with Crippen LogP contribution in [0.4, 0.5) is 5.69 Å². The lowest BCUT2D eigenvalue weighted by Gasteiger charge is -2.06. The molecule has 0 aliphatic heterocycles. The molecule has 2 heterocycles. The Morgan fingerprint density at radius 1 is 1.11 bits per heavy atom. The minimum Gasteiger partial charge on any atom is -0.497 e. The van der Waals surface area contributed by atoms with E-state index in [-0.39, 0.29) is 5.91 Å². The van der Waals surface area contributed by atoms with Gasteiger partial charge in [-0.1, -0.05) is 6.07 Å². The normalized spacial score (nSPS) is 10.6. The topological polar surface area (TPSA) is 84.8 Å². The highest BCUT2D eigenvalue weighted by Crippen LogP contribution is 2.22. The zero-order chi connectivity index (χ0) is 18.6. The third-order valence-electron chi connectivity index (χ3n) is 4.08. The van der Waals surface area contributed by atoms with Crippen LogP contribution < -0.4 is 10.1 Å². The third kappa shape index (κ3) is 3.57. The number of anilines is 1. The largest absolute Gasteiger partial charge is 0.497 e. The van der Waals surface area contributed by atoms with E-state index in [1.807, 2.05) is 60.8 Å². The molecule has 2 aromatic carbocycles. The van der Waals surface area contributed by atoms with Crippen LogP contribution in [0.25, 0.3) is 16.9 Å². The molecule has 2 aromatic heterocycles. The smallest absolute Gasteiger partial charge is 0.273 e. The summed E-state index contributed by atoms with van der Waals surface area (Å²) < 4.78 is 6.88. The fraction of sp³-hybridized carbons (Fsp3) is 0.0500. The van der Waals surface area contributed by atoms with Crippen molar-refractivity contribution in [2.24, 2.45) is 0 Å². The number of ether oxygens (including phenoxy) is 1. The van der Waals surface area contributed by atoms with E-state index in [2.05, 4.69) is 20.6 Å². The summed E-state index contributed by atoms with van der Waals surface area (Å²) in [5, 5.41) is 14.1. The predicted molar refractivity (Wildman–Crippen MR) is 102 cm³/mol. The van der Waals surface area contributed by atoms with E-state index in [0.717, 1.165) is 17.0 Å². The quantitative estimate of drug-likeness (QED) is 0.571. The zero-order valence-corrected chi connectivity index (χ0v) is 14.6. The molecule has 0 fully saturated rings. The Balaban J connectivity index is 1.50. The number of aromatic nitrogens is 4. The summed E-state index contributed by atoms with van der Waals surface area (Å²) in [5.41, 5.74) is 3.50. The zero-order valence-electron chi connectivity index (χ0n) is 14.6. The first-order chi connectivity index (χ1) is 13.2. The summed E-state index contributed by atoms with van der Waals surface area (Å²) in [6, 6.07) is 18.5. The van der Waals surface area contributed by atoms with Gasteiger partial charge in [-0.3, -0.25) is 9.89 Å². The van der Waals surface area contributed by atoms with E-state index in [9.17, 15) is 4.79 Å². The molecule has 0 aliphatic rings. The number of aromatic amines is 1. The molecule has 27 heavy (non-hydrogen) atoms. The molecule has 0 spiro atoms. The molecule has 0 atom stereocenters. The number of hydrogen-bond acceptors (Lipinski definition) is 4. The van der Waals surface area contributed by atoms with Gasteiger partial charge in [0.25, 0.3) is 5.91 Å². The van der Waals surface area contributed by atoms with Crippen molar-refractivity contribution in [1.82, 2.24) is 20.0 Å². The van der Waals surface area contributed by atoms with Gasteiger partial charge < -0.3 is 10.1 Å². The van der Waals surface area contributed by atoms with Crippen molar-refractivity contribution >= 4 is 11.6 Å². The van der Waals surface area contributed by atoms with Crippen molar-refractivity contribution in [2.75, 3.05) is 12.4 Å². The number of benzene rings is 2. The predicted octanol–water partition coefficient (Wildman–Crippen LogP) is 3.52. The van der Waals surface area contributed by atoms with Crippen LogP contribution >= 0.6 is 0 Å². The Labute approximate surface area is 155 Å². The molecule has 0 bridgehead atoms. The maximum atomic E-state index is 12.5. The summed E-state index contributed by atoms with van der Waals surface area (Å²) in [6.45, 7) is 0. The first-order valence-corrected chi connectivity index (χ1v) is 8.34. The first kappa shape index (κ1) is 16.6. The highest BCUT2D eigenvalue weighted by atomic mass is 16.5. The number of nitrogens with one attached hydrogen (secondary N) is 2. The average molecular weight is 359 g/mol. The Bertz CT molecular complexity index is 1050. The van der Waals surface area contributed by atoms with Gasteiger partial charge in [-0.2, -0.15) is 10.2 Å². The summed E-state index contributed by atoms with van der Waals surface area (Å²) in [7, 11) is 1.62. The maximum absolute atomic E-state index is 12.5. The fourth-order valence-corrected chi connectivity index (χ4v) is 2.69. The molecule has 7 nitrogen and oxygen atoms in total. The Kier molecular flexibility index (Phi) is 4.40. The Hall–Kier alpha value is -3.87. The summed E-state index contributed by atoms with van der Waals surface area (Å²) in [4.78, 5) is 12.5. The van der Waals surface area contributed by atoms with Crippen molar-refractivity contribution in [3.05, 3.63) is 78.8 Å². The molecular weight excluding hydrogens is 342 g/mol. The summed E-state index contributed by atoms with van der Waals surface area (Å²) in [5.74, 6) is 0.504. The van der Waals surface area contributed by atoms with Crippen LogP contribution in [0.3, 0.4) is 0 Å². The van der Waals surface area contributed by atoms with Crippen molar-refractivity contribution in [3.8, 4) is 22.7 Å². The highest BCUT2D eigenvalue weighted by Gasteiger charge is 2.12. The van der Waals surface area contributed by atoms with Crippen LogP contribution in [-0.2, 0) is 0 Å². The van der Waals surface area contributed by atoms with Crippen LogP contribution in [0.5, 0.6) is 5.75 Å². The third-order valence-corrected chi connectivity index (χ3v) is 4.08. The lowest BCUT2D eigenvalue weighted by Crippen LogP contribution is -2.12. The van der Waals surface area contributed by atoms with Gasteiger partial charge in [-0.05, 0) is 54.6 Å². The van der Waals surface area contributed by atoms with Crippen LogP contribution in [-0.4, -0.2) is 33.0 Å². The number of rotatable bonds is 5.